The van der Waals surface area contributed by atoms with Gasteiger partial charge < -0.3 is 14.8 Å². The molecule has 1 saturated heterocycles. The number of ether oxygens (including phenoxy) is 2. The minimum absolute atomic E-state index is 0.0877. The minimum Gasteiger partial charge on any atom is -0.493 e. The maximum absolute atomic E-state index is 13.6. The van der Waals surface area contributed by atoms with E-state index < -0.39 is 15.9 Å². The summed E-state index contributed by atoms with van der Waals surface area (Å²) in [5.41, 5.74) is 2.50. The number of aromatic nitrogens is 1. The maximum atomic E-state index is 13.6. The Morgan fingerprint density at radius 1 is 0.947 bits per heavy atom. The Morgan fingerprint density at radius 2 is 1.68 bits per heavy atom. The fraction of sp³-hybridized carbons (Fsp3) is 0.214. The molecule has 0 unspecified atom stereocenters. The molecule has 1 amide bonds. The number of pyridine rings is 1. The van der Waals surface area contributed by atoms with Crippen LogP contribution in [0.15, 0.2) is 71.6 Å². The number of hydrogen-bond donors (Lipinski definition) is 1. The predicted octanol–water partition coefficient (Wildman–Crippen LogP) is 5.61. The summed E-state index contributed by atoms with van der Waals surface area (Å²) in [6.45, 7) is 0.961. The summed E-state index contributed by atoms with van der Waals surface area (Å²) in [5, 5.41) is 3.69. The van der Waals surface area contributed by atoms with Crippen molar-refractivity contribution in [1.29, 1.82) is 0 Å². The van der Waals surface area contributed by atoms with E-state index in [1.54, 1.807) is 32.4 Å². The Hall–Kier alpha value is -3.66. The third kappa shape index (κ3) is 4.92. The monoisotopic (exact) mass is 551 g/mol. The van der Waals surface area contributed by atoms with E-state index in [4.69, 9.17) is 26.1 Å². The number of hydrogen-bond acceptors (Lipinski definition) is 6. The summed E-state index contributed by atoms with van der Waals surface area (Å²) in [4.78, 5) is 18.4. The average molecular weight is 552 g/mol. The number of benzene rings is 3. The Balaban J connectivity index is 1.54. The largest absolute Gasteiger partial charge is 0.493 e. The second-order valence-corrected chi connectivity index (χ2v) is 11.2. The van der Waals surface area contributed by atoms with Gasteiger partial charge in [-0.3, -0.25) is 4.79 Å². The van der Waals surface area contributed by atoms with Gasteiger partial charge in [-0.15, -0.1) is 0 Å². The normalized spacial score (nSPS) is 14.0. The highest BCUT2D eigenvalue weighted by atomic mass is 35.5. The standard InChI is InChI=1S/C28H26ClN3O5S/c1-36-26-12-9-18(15-27(26)37-2)24-17-21(20-7-3-4-8-23(20)30-24)28(33)31-25-16-19(10-11-22(25)29)38(34,35)32-13-5-6-14-32/h3-4,7-12,15-17H,5-6,13-14H2,1-2H3,(H,31,33). The van der Waals surface area contributed by atoms with Gasteiger partial charge in [-0.1, -0.05) is 29.8 Å². The molecular weight excluding hydrogens is 526 g/mol. The number of carbonyl (C=O) groups excluding carboxylic acids is 1. The number of para-hydroxylation sites is 1. The van der Waals surface area contributed by atoms with Crippen LogP contribution in [0.25, 0.3) is 22.2 Å². The molecule has 3 aromatic carbocycles. The zero-order valence-corrected chi connectivity index (χ0v) is 22.5. The number of amides is 1. The van der Waals surface area contributed by atoms with Crippen LogP contribution in [0.2, 0.25) is 5.02 Å². The smallest absolute Gasteiger partial charge is 0.256 e. The number of nitrogens with one attached hydrogen (secondary N) is 1. The van der Waals surface area contributed by atoms with E-state index in [1.165, 1.54) is 22.5 Å². The number of nitrogens with zero attached hydrogens (tertiary/aromatic N) is 2. The van der Waals surface area contributed by atoms with E-state index in [0.717, 1.165) is 18.4 Å². The third-order valence-corrected chi connectivity index (χ3v) is 8.75. The quantitative estimate of drug-likeness (QED) is 0.321. The lowest BCUT2D eigenvalue weighted by Crippen LogP contribution is -2.28. The number of halogens is 1. The van der Waals surface area contributed by atoms with Crippen molar-refractivity contribution in [3.05, 3.63) is 77.3 Å². The van der Waals surface area contributed by atoms with E-state index in [9.17, 15) is 13.2 Å². The number of fused-ring (bicyclic) bond motifs is 1. The van der Waals surface area contributed by atoms with Gasteiger partial charge in [0.1, 0.15) is 0 Å². The second kappa shape index (κ2) is 10.6. The van der Waals surface area contributed by atoms with Crippen LogP contribution < -0.4 is 14.8 Å². The maximum Gasteiger partial charge on any atom is 0.256 e. The first-order valence-corrected chi connectivity index (χ1v) is 13.9. The molecular formula is C28H26ClN3O5S. The number of sulfonamides is 1. The molecule has 1 N–H and O–H groups in total. The lowest BCUT2D eigenvalue weighted by molar-refractivity contribution is 0.102. The van der Waals surface area contributed by atoms with Crippen molar-refractivity contribution in [2.45, 2.75) is 17.7 Å². The van der Waals surface area contributed by atoms with Gasteiger partial charge in [0.25, 0.3) is 5.91 Å². The van der Waals surface area contributed by atoms with Crippen molar-refractivity contribution >= 4 is 44.1 Å². The summed E-state index contributed by atoms with van der Waals surface area (Å²) in [6, 6.07) is 18.8. The molecule has 0 radical (unpaired) electrons. The molecule has 0 spiro atoms. The molecule has 0 bridgehead atoms. The van der Waals surface area contributed by atoms with Gasteiger partial charge >= 0.3 is 0 Å². The van der Waals surface area contributed by atoms with Gasteiger partial charge in [-0.2, -0.15) is 4.31 Å². The van der Waals surface area contributed by atoms with Crippen molar-refractivity contribution in [2.24, 2.45) is 0 Å². The van der Waals surface area contributed by atoms with Crippen molar-refractivity contribution in [1.82, 2.24) is 9.29 Å². The van der Waals surface area contributed by atoms with Crippen LogP contribution in [0.3, 0.4) is 0 Å². The fourth-order valence-corrected chi connectivity index (χ4v) is 6.24. The molecule has 1 fully saturated rings. The first-order valence-electron chi connectivity index (χ1n) is 12.0. The number of methoxy groups -OCH3 is 2. The Kier molecular flexibility index (Phi) is 7.25. The van der Waals surface area contributed by atoms with Gasteiger partial charge in [0, 0.05) is 24.0 Å². The van der Waals surface area contributed by atoms with E-state index in [2.05, 4.69) is 5.32 Å². The van der Waals surface area contributed by atoms with Gasteiger partial charge in [0.2, 0.25) is 10.0 Å². The summed E-state index contributed by atoms with van der Waals surface area (Å²) in [5.74, 6) is 0.671. The third-order valence-electron chi connectivity index (χ3n) is 6.53. The molecule has 0 atom stereocenters. The van der Waals surface area contributed by atoms with Crippen LogP contribution >= 0.6 is 11.6 Å². The summed E-state index contributed by atoms with van der Waals surface area (Å²) < 4.78 is 38.4. The zero-order valence-electron chi connectivity index (χ0n) is 20.9. The lowest BCUT2D eigenvalue weighted by atomic mass is 10.0. The summed E-state index contributed by atoms with van der Waals surface area (Å²) in [6.07, 6.45) is 1.65. The van der Waals surface area contributed by atoms with Crippen LogP contribution in [-0.2, 0) is 10.0 Å². The second-order valence-electron chi connectivity index (χ2n) is 8.85. The van der Waals surface area contributed by atoms with Crippen LogP contribution in [0.4, 0.5) is 5.69 Å². The highest BCUT2D eigenvalue weighted by Crippen LogP contribution is 2.34. The number of rotatable bonds is 7. The van der Waals surface area contributed by atoms with E-state index in [-0.39, 0.29) is 15.6 Å². The number of carbonyl (C=O) groups is 1. The molecule has 10 heteroatoms. The van der Waals surface area contributed by atoms with E-state index in [0.29, 0.717) is 46.7 Å². The van der Waals surface area contributed by atoms with E-state index in [1.807, 2.05) is 30.3 Å². The van der Waals surface area contributed by atoms with E-state index >= 15 is 0 Å². The molecule has 2 heterocycles. The molecule has 196 valence electrons. The Bertz CT molecular complexity index is 1640. The summed E-state index contributed by atoms with van der Waals surface area (Å²) >= 11 is 6.38. The first-order chi connectivity index (χ1) is 18.3. The summed E-state index contributed by atoms with van der Waals surface area (Å²) in [7, 11) is -0.565. The van der Waals surface area contributed by atoms with Crippen molar-refractivity contribution in [2.75, 3.05) is 32.6 Å². The molecule has 5 rings (SSSR count). The van der Waals surface area contributed by atoms with Gasteiger partial charge in [0.15, 0.2) is 11.5 Å². The van der Waals surface area contributed by atoms with Crippen LogP contribution in [0.5, 0.6) is 11.5 Å². The van der Waals surface area contributed by atoms with Crippen LogP contribution in [0.1, 0.15) is 23.2 Å². The highest BCUT2D eigenvalue weighted by molar-refractivity contribution is 7.89. The molecule has 0 aliphatic carbocycles. The predicted molar refractivity (Wildman–Crippen MR) is 148 cm³/mol. The highest BCUT2D eigenvalue weighted by Gasteiger charge is 2.28. The zero-order chi connectivity index (χ0) is 26.9. The SMILES string of the molecule is COc1ccc(-c2cc(C(=O)Nc3cc(S(=O)(=O)N4CCCC4)ccc3Cl)c3ccccc3n2)cc1OC. The average Bonchev–Trinajstić information content (AvgIpc) is 3.49. The minimum atomic E-state index is -3.68. The van der Waals surface area contributed by atoms with Crippen molar-refractivity contribution < 1.29 is 22.7 Å². The van der Waals surface area contributed by atoms with Crippen molar-refractivity contribution in [3.8, 4) is 22.8 Å². The number of anilines is 1. The Labute approximate surface area is 226 Å². The van der Waals surface area contributed by atoms with Gasteiger partial charge in [0.05, 0.1) is 46.6 Å². The van der Waals surface area contributed by atoms with Crippen LogP contribution in [0, 0.1) is 0 Å². The fourth-order valence-electron chi connectivity index (χ4n) is 4.53. The molecule has 1 aromatic heterocycles. The topological polar surface area (TPSA) is 97.8 Å². The molecule has 38 heavy (non-hydrogen) atoms. The first kappa shape index (κ1) is 26.0. The molecule has 0 saturated carbocycles. The molecule has 8 nitrogen and oxygen atoms in total. The van der Waals surface area contributed by atoms with Gasteiger partial charge in [-0.05, 0) is 61.4 Å². The lowest BCUT2D eigenvalue weighted by Gasteiger charge is -2.17. The van der Waals surface area contributed by atoms with Crippen molar-refractivity contribution in [3.63, 3.8) is 0 Å². The molecule has 1 aliphatic heterocycles. The molecule has 1 aliphatic rings. The molecule has 4 aromatic rings. The van der Waals surface area contributed by atoms with Crippen LogP contribution in [-0.4, -0.2) is 50.9 Å². The van der Waals surface area contributed by atoms with Gasteiger partial charge in [-0.25, -0.2) is 13.4 Å². The Morgan fingerprint density at radius 3 is 2.42 bits per heavy atom.